The van der Waals surface area contributed by atoms with Gasteiger partial charge in [0.25, 0.3) is 0 Å². The maximum Gasteiger partial charge on any atom is 0.339 e. The number of benzene rings is 1. The molecule has 190 valence electrons. The van der Waals surface area contributed by atoms with Crippen LogP contribution in [-0.2, 0) is 25.3 Å². The molecule has 1 aromatic carbocycles. The fraction of sp³-hybridized carbons (Fsp3) is 0.348. The highest BCUT2D eigenvalue weighted by Crippen LogP contribution is 2.31. The van der Waals surface area contributed by atoms with Crippen LogP contribution in [0.4, 0.5) is 13.9 Å². The zero-order valence-electron chi connectivity index (χ0n) is 20.3. The van der Waals surface area contributed by atoms with Crippen LogP contribution in [0.25, 0.3) is 17.0 Å². The zero-order chi connectivity index (χ0) is 26.4. The molecule has 0 unspecified atom stereocenters. The smallest absolute Gasteiger partial charge is 0.339 e. The van der Waals surface area contributed by atoms with Gasteiger partial charge in [0.15, 0.2) is 22.5 Å². The van der Waals surface area contributed by atoms with Crippen LogP contribution in [0.2, 0.25) is 0 Å². The average molecular weight is 519 g/mol. The Hall–Kier alpha value is -3.87. The summed E-state index contributed by atoms with van der Waals surface area (Å²) in [5, 5.41) is 4.37. The summed E-state index contributed by atoms with van der Waals surface area (Å²) in [7, 11) is 2.81. The second-order valence-corrected chi connectivity index (χ2v) is 10.3. The Morgan fingerprint density at radius 1 is 1.11 bits per heavy atom. The Labute approximate surface area is 207 Å². The highest BCUT2D eigenvalue weighted by molar-refractivity contribution is 7.14. The molecule has 0 spiro atoms. The van der Waals surface area contributed by atoms with Crippen LogP contribution in [0, 0.1) is 17.0 Å². The van der Waals surface area contributed by atoms with Crippen molar-refractivity contribution in [2.45, 2.75) is 27.2 Å². The third-order valence-corrected chi connectivity index (χ3v) is 5.96. The van der Waals surface area contributed by atoms with Crippen molar-refractivity contribution in [2.75, 3.05) is 11.9 Å². The number of aromatic nitrogens is 5. The number of halogens is 2. The van der Waals surface area contributed by atoms with E-state index >= 15 is 0 Å². The largest absolute Gasteiger partial charge is 0.487 e. The maximum absolute atomic E-state index is 14.5. The number of fused-ring (bicyclic) bond motifs is 1. The molecule has 0 aliphatic rings. The predicted octanol–water partition coefficient (Wildman–Crippen LogP) is 2.74. The standard InChI is InChI=1S/C23H24F2N6O4S/c1-23(2,3)11-35-18-14(24)6-12(7-15(18)25)16-10-36-19(27-16)28-17(32)8-13-9-26-20-29(4)21(33)30(5)22(34)31(13)20/h6-7,9-10H,8,11H2,1-5H3,(H,27,28,32). The van der Waals surface area contributed by atoms with Gasteiger partial charge in [-0.25, -0.2) is 37.3 Å². The molecule has 1 N–H and O–H groups in total. The Balaban J connectivity index is 1.51. The summed E-state index contributed by atoms with van der Waals surface area (Å²) < 4.78 is 37.7. The number of amides is 1. The van der Waals surface area contributed by atoms with Crippen LogP contribution in [0.3, 0.4) is 0 Å². The molecule has 0 fully saturated rings. The number of carbonyl (C=O) groups excluding carboxylic acids is 1. The number of carbonyl (C=O) groups is 1. The van der Waals surface area contributed by atoms with Gasteiger partial charge < -0.3 is 10.1 Å². The first-order chi connectivity index (χ1) is 16.9. The van der Waals surface area contributed by atoms with Crippen LogP contribution < -0.4 is 21.4 Å². The van der Waals surface area contributed by atoms with Gasteiger partial charge in [0, 0.05) is 25.0 Å². The van der Waals surface area contributed by atoms with E-state index in [1.807, 2.05) is 20.8 Å². The minimum atomic E-state index is -0.851. The molecular weight excluding hydrogens is 494 g/mol. The SMILES string of the molecule is Cn1c(=O)n(C)c2ncc(CC(=O)Nc3nc(-c4cc(F)c(OCC(C)(C)C)c(F)c4)cs3)n2c1=O. The number of nitrogens with zero attached hydrogens (tertiary/aromatic N) is 5. The van der Waals surface area contributed by atoms with Crippen molar-refractivity contribution in [1.82, 2.24) is 23.5 Å². The molecular formula is C23H24F2N6O4S. The summed E-state index contributed by atoms with van der Waals surface area (Å²) in [4.78, 5) is 45.5. The number of aryl methyl sites for hydroxylation is 1. The summed E-state index contributed by atoms with van der Waals surface area (Å²) in [6.45, 7) is 5.81. The van der Waals surface area contributed by atoms with Crippen molar-refractivity contribution in [1.29, 1.82) is 0 Å². The fourth-order valence-corrected chi connectivity index (χ4v) is 4.15. The highest BCUT2D eigenvalue weighted by Gasteiger charge is 2.20. The van der Waals surface area contributed by atoms with E-state index in [1.165, 1.54) is 29.3 Å². The lowest BCUT2D eigenvalue weighted by Gasteiger charge is -2.19. The van der Waals surface area contributed by atoms with Crippen LogP contribution in [-0.4, -0.2) is 36.0 Å². The Morgan fingerprint density at radius 2 is 1.78 bits per heavy atom. The van der Waals surface area contributed by atoms with Crippen LogP contribution in [0.5, 0.6) is 5.75 Å². The number of hydrogen-bond donors (Lipinski definition) is 1. The third-order valence-electron chi connectivity index (χ3n) is 5.20. The molecule has 13 heteroatoms. The normalized spacial score (nSPS) is 11.8. The highest BCUT2D eigenvalue weighted by atomic mass is 32.1. The van der Waals surface area contributed by atoms with Gasteiger partial charge in [0.05, 0.1) is 30.6 Å². The van der Waals surface area contributed by atoms with Crippen molar-refractivity contribution in [3.8, 4) is 17.0 Å². The number of imidazole rings is 1. The maximum atomic E-state index is 14.5. The number of ether oxygens (including phenoxy) is 1. The molecule has 0 atom stereocenters. The lowest BCUT2D eigenvalue weighted by Crippen LogP contribution is -2.41. The van der Waals surface area contributed by atoms with Gasteiger partial charge >= 0.3 is 11.4 Å². The Morgan fingerprint density at radius 3 is 2.42 bits per heavy atom. The van der Waals surface area contributed by atoms with Gasteiger partial charge in [0.1, 0.15) is 0 Å². The Bertz CT molecular complexity index is 1570. The van der Waals surface area contributed by atoms with Crippen molar-refractivity contribution >= 4 is 28.2 Å². The summed E-state index contributed by atoms with van der Waals surface area (Å²) in [6.07, 6.45) is 1.13. The molecule has 3 heterocycles. The van der Waals surface area contributed by atoms with E-state index in [-0.39, 0.29) is 46.3 Å². The monoisotopic (exact) mass is 518 g/mol. The third kappa shape index (κ3) is 4.91. The van der Waals surface area contributed by atoms with Gasteiger partial charge in [-0.3, -0.25) is 9.36 Å². The molecule has 3 aromatic heterocycles. The number of nitrogens with one attached hydrogen (secondary N) is 1. The fourth-order valence-electron chi connectivity index (χ4n) is 3.41. The molecule has 4 aromatic rings. The molecule has 0 aliphatic heterocycles. The van der Waals surface area contributed by atoms with E-state index in [1.54, 1.807) is 5.38 Å². The number of rotatable bonds is 6. The lowest BCUT2D eigenvalue weighted by atomic mass is 9.99. The van der Waals surface area contributed by atoms with Crippen molar-refractivity contribution < 1.29 is 18.3 Å². The predicted molar refractivity (Wildman–Crippen MR) is 130 cm³/mol. The number of hydrogen-bond acceptors (Lipinski definition) is 7. The van der Waals surface area contributed by atoms with E-state index in [0.29, 0.717) is 0 Å². The molecule has 36 heavy (non-hydrogen) atoms. The Kier molecular flexibility index (Phi) is 6.52. The summed E-state index contributed by atoms with van der Waals surface area (Å²) in [5.74, 6) is -2.53. The molecule has 10 nitrogen and oxygen atoms in total. The lowest BCUT2D eigenvalue weighted by molar-refractivity contribution is -0.115. The van der Waals surface area contributed by atoms with Crippen molar-refractivity contribution in [3.63, 3.8) is 0 Å². The van der Waals surface area contributed by atoms with Gasteiger partial charge in [-0.05, 0) is 17.5 Å². The molecule has 0 bridgehead atoms. The minimum absolute atomic E-state index is 0.112. The minimum Gasteiger partial charge on any atom is -0.487 e. The average Bonchev–Trinajstić information content (AvgIpc) is 3.42. The first-order valence-corrected chi connectivity index (χ1v) is 11.7. The van der Waals surface area contributed by atoms with E-state index in [2.05, 4.69) is 15.3 Å². The second-order valence-electron chi connectivity index (χ2n) is 9.45. The summed E-state index contributed by atoms with van der Waals surface area (Å²) in [5.41, 5.74) is -0.683. The number of thiazole rings is 1. The quantitative estimate of drug-likeness (QED) is 0.420. The van der Waals surface area contributed by atoms with Crippen LogP contribution in [0.15, 0.2) is 33.3 Å². The van der Waals surface area contributed by atoms with Crippen LogP contribution in [0.1, 0.15) is 26.5 Å². The van der Waals surface area contributed by atoms with Gasteiger partial charge in [-0.15, -0.1) is 11.3 Å². The molecule has 0 saturated carbocycles. The van der Waals surface area contributed by atoms with E-state index in [4.69, 9.17) is 4.74 Å². The number of anilines is 1. The molecule has 0 saturated heterocycles. The van der Waals surface area contributed by atoms with Gasteiger partial charge in [-0.2, -0.15) is 0 Å². The van der Waals surface area contributed by atoms with E-state index in [0.717, 1.165) is 28.0 Å². The van der Waals surface area contributed by atoms with Crippen molar-refractivity contribution in [2.24, 2.45) is 19.5 Å². The van der Waals surface area contributed by atoms with Gasteiger partial charge in [-0.1, -0.05) is 20.8 Å². The van der Waals surface area contributed by atoms with Gasteiger partial charge in [0.2, 0.25) is 11.7 Å². The zero-order valence-corrected chi connectivity index (χ0v) is 21.1. The molecule has 0 aliphatic carbocycles. The van der Waals surface area contributed by atoms with Crippen LogP contribution >= 0.6 is 11.3 Å². The van der Waals surface area contributed by atoms with E-state index in [9.17, 15) is 23.2 Å². The molecule has 0 radical (unpaired) electrons. The topological polar surface area (TPSA) is 113 Å². The molecule has 1 amide bonds. The first-order valence-electron chi connectivity index (χ1n) is 10.9. The summed E-state index contributed by atoms with van der Waals surface area (Å²) in [6, 6.07) is 2.25. The second kappa shape index (κ2) is 9.30. The van der Waals surface area contributed by atoms with Crippen molar-refractivity contribution in [3.05, 3.63) is 62.0 Å². The molecule has 4 rings (SSSR count). The van der Waals surface area contributed by atoms with E-state index < -0.39 is 34.7 Å². The first kappa shape index (κ1) is 25.2. The summed E-state index contributed by atoms with van der Waals surface area (Å²) >= 11 is 1.08.